The molecule has 0 unspecified atom stereocenters. The van der Waals surface area contributed by atoms with Gasteiger partial charge in [0.05, 0.1) is 5.69 Å². The van der Waals surface area contributed by atoms with Gasteiger partial charge in [-0.2, -0.15) is 0 Å². The number of rotatable bonds is 4. The molecular weight excluding hydrogens is 294 g/mol. The normalized spacial score (nSPS) is 11.5. The number of halogens is 2. The zero-order valence-corrected chi connectivity index (χ0v) is 11.2. The minimum atomic E-state index is -3.93. The highest BCUT2D eigenvalue weighted by Gasteiger charge is 2.20. The van der Waals surface area contributed by atoms with E-state index in [-0.39, 0.29) is 17.1 Å². The lowest BCUT2D eigenvalue weighted by Gasteiger charge is -2.09. The van der Waals surface area contributed by atoms with Gasteiger partial charge in [-0.3, -0.25) is 4.72 Å². The van der Waals surface area contributed by atoms with Gasteiger partial charge in [0, 0.05) is 17.5 Å². The maximum atomic E-state index is 13.4. The van der Waals surface area contributed by atoms with Crippen LogP contribution in [0.4, 0.5) is 14.5 Å². The highest BCUT2D eigenvalue weighted by Crippen LogP contribution is 2.25. The molecule has 19 heavy (non-hydrogen) atoms. The number of nitrogens with two attached hydrogens (primary N) is 1. The van der Waals surface area contributed by atoms with Crippen LogP contribution in [0.2, 0.25) is 0 Å². The van der Waals surface area contributed by atoms with Crippen LogP contribution in [0.15, 0.2) is 34.5 Å². The van der Waals surface area contributed by atoms with Crippen LogP contribution in [-0.2, 0) is 16.6 Å². The molecule has 0 aliphatic carbocycles. The van der Waals surface area contributed by atoms with E-state index in [4.69, 9.17) is 5.73 Å². The lowest BCUT2D eigenvalue weighted by Crippen LogP contribution is -2.15. The molecule has 0 bridgehead atoms. The van der Waals surface area contributed by atoms with Gasteiger partial charge in [-0.05, 0) is 23.6 Å². The average Bonchev–Trinajstić information content (AvgIpc) is 2.82. The van der Waals surface area contributed by atoms with Crippen LogP contribution in [0.5, 0.6) is 0 Å². The van der Waals surface area contributed by atoms with Gasteiger partial charge >= 0.3 is 0 Å². The topological polar surface area (TPSA) is 72.2 Å². The Balaban J connectivity index is 2.37. The van der Waals surface area contributed by atoms with Crippen molar-refractivity contribution in [1.82, 2.24) is 0 Å². The van der Waals surface area contributed by atoms with E-state index in [1.54, 1.807) is 5.38 Å². The zero-order chi connectivity index (χ0) is 14.0. The predicted octanol–water partition coefficient (Wildman–Crippen LogP) is 2.29. The molecule has 1 heterocycles. The predicted molar refractivity (Wildman–Crippen MR) is 69.4 cm³/mol. The molecule has 0 aliphatic heterocycles. The molecule has 4 nitrogen and oxygen atoms in total. The summed E-state index contributed by atoms with van der Waals surface area (Å²) >= 11 is 1.20. The van der Waals surface area contributed by atoms with Crippen molar-refractivity contribution in [2.45, 2.75) is 11.4 Å². The fourth-order valence-electron chi connectivity index (χ4n) is 1.49. The van der Waals surface area contributed by atoms with Crippen LogP contribution < -0.4 is 10.5 Å². The first-order valence-corrected chi connectivity index (χ1v) is 7.54. The first-order chi connectivity index (χ1) is 8.94. The summed E-state index contributed by atoms with van der Waals surface area (Å²) in [6, 6.07) is 3.99. The molecule has 0 aliphatic rings. The van der Waals surface area contributed by atoms with Crippen molar-refractivity contribution in [2.24, 2.45) is 5.73 Å². The molecule has 0 saturated carbocycles. The Bertz CT molecular complexity index is 698. The number of nitrogens with one attached hydrogen (secondary N) is 1. The number of thiophene rings is 1. The highest BCUT2D eigenvalue weighted by atomic mass is 32.2. The minimum absolute atomic E-state index is 0.00345. The average molecular weight is 304 g/mol. The molecule has 0 radical (unpaired) electrons. The third-order valence-corrected chi connectivity index (χ3v) is 4.88. The number of benzene rings is 1. The Morgan fingerprint density at radius 2 is 2.00 bits per heavy atom. The SMILES string of the molecule is NCc1sccc1S(=O)(=O)Nc1ccc(F)cc1F. The quantitative estimate of drug-likeness (QED) is 0.910. The van der Waals surface area contributed by atoms with Crippen LogP contribution in [0.25, 0.3) is 0 Å². The smallest absolute Gasteiger partial charge is 0.263 e. The van der Waals surface area contributed by atoms with Crippen LogP contribution in [0, 0.1) is 11.6 Å². The molecule has 102 valence electrons. The van der Waals surface area contributed by atoms with Gasteiger partial charge in [0.15, 0.2) is 0 Å². The molecule has 0 saturated heterocycles. The molecule has 0 amide bonds. The lowest BCUT2D eigenvalue weighted by molar-refractivity contribution is 0.582. The molecule has 2 aromatic rings. The van der Waals surface area contributed by atoms with Crippen molar-refractivity contribution >= 4 is 27.0 Å². The molecule has 0 spiro atoms. The summed E-state index contributed by atoms with van der Waals surface area (Å²) in [7, 11) is -3.93. The number of hydrogen-bond acceptors (Lipinski definition) is 4. The second kappa shape index (κ2) is 5.24. The van der Waals surface area contributed by atoms with E-state index in [2.05, 4.69) is 4.72 Å². The highest BCUT2D eigenvalue weighted by molar-refractivity contribution is 7.93. The van der Waals surface area contributed by atoms with E-state index in [1.165, 1.54) is 17.4 Å². The van der Waals surface area contributed by atoms with Gasteiger partial charge in [-0.1, -0.05) is 0 Å². The lowest BCUT2D eigenvalue weighted by atomic mass is 10.3. The van der Waals surface area contributed by atoms with Gasteiger partial charge in [-0.15, -0.1) is 11.3 Å². The van der Waals surface area contributed by atoms with Crippen molar-refractivity contribution in [3.8, 4) is 0 Å². The van der Waals surface area contributed by atoms with Gasteiger partial charge in [0.2, 0.25) is 0 Å². The molecule has 3 N–H and O–H groups in total. The third kappa shape index (κ3) is 2.91. The van der Waals surface area contributed by atoms with E-state index in [1.807, 2.05) is 0 Å². The summed E-state index contributed by atoms with van der Waals surface area (Å²) in [6.07, 6.45) is 0. The number of anilines is 1. The standard InChI is InChI=1S/C11H10F2N2O2S2/c12-7-1-2-9(8(13)5-7)15-19(16,17)11-3-4-18-10(11)6-14/h1-5,15H,6,14H2. The second-order valence-corrected chi connectivity index (χ2v) is 6.29. The Labute approximate surface area is 112 Å². The summed E-state index contributed by atoms with van der Waals surface area (Å²) < 4.78 is 52.3. The van der Waals surface area contributed by atoms with Crippen molar-refractivity contribution in [3.63, 3.8) is 0 Å². The first kappa shape index (κ1) is 13.9. The van der Waals surface area contributed by atoms with Crippen molar-refractivity contribution in [1.29, 1.82) is 0 Å². The Morgan fingerprint density at radius 1 is 1.26 bits per heavy atom. The van der Waals surface area contributed by atoms with Crippen molar-refractivity contribution in [3.05, 3.63) is 46.2 Å². The van der Waals surface area contributed by atoms with Crippen molar-refractivity contribution < 1.29 is 17.2 Å². The first-order valence-electron chi connectivity index (χ1n) is 5.18. The molecule has 2 rings (SSSR count). The summed E-state index contributed by atoms with van der Waals surface area (Å²) in [5, 5.41) is 1.58. The molecular formula is C11H10F2N2O2S2. The molecule has 8 heteroatoms. The Hall–Kier alpha value is -1.51. The zero-order valence-electron chi connectivity index (χ0n) is 9.56. The maximum Gasteiger partial charge on any atom is 0.263 e. The van der Waals surface area contributed by atoms with E-state index in [9.17, 15) is 17.2 Å². The van der Waals surface area contributed by atoms with E-state index >= 15 is 0 Å². The molecule has 1 aromatic carbocycles. The second-order valence-electron chi connectivity index (χ2n) is 3.64. The van der Waals surface area contributed by atoms with Gasteiger partial charge in [-0.25, -0.2) is 17.2 Å². The van der Waals surface area contributed by atoms with E-state index < -0.39 is 21.7 Å². The van der Waals surface area contributed by atoms with E-state index in [0.717, 1.165) is 12.1 Å². The van der Waals surface area contributed by atoms with Gasteiger partial charge < -0.3 is 5.73 Å². The Kier molecular flexibility index (Phi) is 3.83. The van der Waals surface area contributed by atoms with Gasteiger partial charge in [0.1, 0.15) is 16.5 Å². The van der Waals surface area contributed by atoms with Crippen LogP contribution in [0.3, 0.4) is 0 Å². The van der Waals surface area contributed by atoms with Crippen LogP contribution in [-0.4, -0.2) is 8.42 Å². The van der Waals surface area contributed by atoms with Gasteiger partial charge in [0.25, 0.3) is 10.0 Å². The third-order valence-electron chi connectivity index (χ3n) is 2.35. The largest absolute Gasteiger partial charge is 0.326 e. The number of sulfonamides is 1. The fourth-order valence-corrected chi connectivity index (χ4v) is 3.89. The van der Waals surface area contributed by atoms with E-state index in [0.29, 0.717) is 10.9 Å². The van der Waals surface area contributed by atoms with Crippen LogP contribution in [0.1, 0.15) is 4.88 Å². The van der Waals surface area contributed by atoms with Crippen LogP contribution >= 0.6 is 11.3 Å². The fraction of sp³-hybridized carbons (Fsp3) is 0.0909. The Morgan fingerprint density at radius 3 is 2.63 bits per heavy atom. The molecule has 0 atom stereocenters. The van der Waals surface area contributed by atoms with Crippen molar-refractivity contribution in [2.75, 3.05) is 4.72 Å². The minimum Gasteiger partial charge on any atom is -0.326 e. The maximum absolute atomic E-state index is 13.4. The monoisotopic (exact) mass is 304 g/mol. The molecule has 1 aromatic heterocycles. The summed E-state index contributed by atoms with van der Waals surface area (Å²) in [5.41, 5.74) is 5.12. The summed E-state index contributed by atoms with van der Waals surface area (Å²) in [5.74, 6) is -1.76. The summed E-state index contributed by atoms with van der Waals surface area (Å²) in [6.45, 7) is 0.0693. The summed E-state index contributed by atoms with van der Waals surface area (Å²) in [4.78, 5) is 0.471. The molecule has 0 fully saturated rings. The number of hydrogen-bond donors (Lipinski definition) is 2.